The van der Waals surface area contributed by atoms with Crippen molar-refractivity contribution in [2.75, 3.05) is 10.0 Å². The van der Waals surface area contributed by atoms with Crippen molar-refractivity contribution in [2.24, 2.45) is 0 Å². The molecule has 3 aromatic rings. The molecule has 2 N–H and O–H groups in total. The zero-order chi connectivity index (χ0) is 22.8. The van der Waals surface area contributed by atoms with Crippen LogP contribution in [0.1, 0.15) is 52.4 Å². The molecule has 3 aromatic carbocycles. The van der Waals surface area contributed by atoms with Crippen LogP contribution in [-0.4, -0.2) is 14.3 Å². The van der Waals surface area contributed by atoms with E-state index in [1.54, 1.807) is 25.1 Å². The highest BCUT2D eigenvalue weighted by molar-refractivity contribution is 7.92. The lowest BCUT2D eigenvalue weighted by Crippen LogP contribution is -2.17. The number of aryl methyl sites for hydroxylation is 3. The number of anilines is 2. The third-order valence-electron chi connectivity index (χ3n) is 5.20. The van der Waals surface area contributed by atoms with Gasteiger partial charge in [0, 0.05) is 11.3 Å². The highest BCUT2D eigenvalue weighted by atomic mass is 32.2. The minimum Gasteiger partial charge on any atom is -0.322 e. The molecule has 0 saturated carbocycles. The van der Waals surface area contributed by atoms with Gasteiger partial charge in [0.05, 0.1) is 10.6 Å². The molecule has 0 atom stereocenters. The molecule has 0 aromatic heterocycles. The Morgan fingerprint density at radius 2 is 1.52 bits per heavy atom. The molecule has 0 spiro atoms. The predicted octanol–water partition coefficient (Wildman–Crippen LogP) is 5.79. The monoisotopic (exact) mass is 436 g/mol. The van der Waals surface area contributed by atoms with Crippen LogP contribution in [0.2, 0.25) is 0 Å². The maximum absolute atomic E-state index is 13.1. The van der Waals surface area contributed by atoms with Gasteiger partial charge in [0.25, 0.3) is 15.9 Å². The number of sulfonamides is 1. The second kappa shape index (κ2) is 8.94. The summed E-state index contributed by atoms with van der Waals surface area (Å²) in [4.78, 5) is 12.8. The molecule has 0 aliphatic carbocycles. The Balaban J connectivity index is 1.85. The Kier molecular flexibility index (Phi) is 6.51. The summed E-state index contributed by atoms with van der Waals surface area (Å²) in [5.41, 5.74) is 5.09. The van der Waals surface area contributed by atoms with E-state index < -0.39 is 10.0 Å². The fraction of sp³-hybridized carbons (Fsp3) is 0.240. The van der Waals surface area contributed by atoms with Gasteiger partial charge in [-0.1, -0.05) is 49.7 Å². The van der Waals surface area contributed by atoms with Gasteiger partial charge in [-0.3, -0.25) is 9.52 Å². The minimum absolute atomic E-state index is 0.0790. The van der Waals surface area contributed by atoms with Crippen LogP contribution in [0.4, 0.5) is 11.4 Å². The van der Waals surface area contributed by atoms with E-state index in [0.717, 1.165) is 11.1 Å². The molecule has 6 heteroatoms. The van der Waals surface area contributed by atoms with Crippen LogP contribution in [-0.2, 0) is 10.0 Å². The topological polar surface area (TPSA) is 75.3 Å². The molecule has 0 aliphatic rings. The Labute approximate surface area is 184 Å². The summed E-state index contributed by atoms with van der Waals surface area (Å²) in [6.07, 6.45) is 0. The van der Waals surface area contributed by atoms with Crippen molar-refractivity contribution < 1.29 is 13.2 Å². The van der Waals surface area contributed by atoms with Crippen molar-refractivity contribution in [3.63, 3.8) is 0 Å². The first-order chi connectivity index (χ1) is 14.6. The average molecular weight is 437 g/mol. The van der Waals surface area contributed by atoms with Gasteiger partial charge in [0.15, 0.2) is 0 Å². The second-order valence-corrected chi connectivity index (χ2v) is 9.79. The lowest BCUT2D eigenvalue weighted by Gasteiger charge is -2.14. The first kappa shape index (κ1) is 22.6. The molecule has 3 rings (SSSR count). The largest absolute Gasteiger partial charge is 0.322 e. The Morgan fingerprint density at radius 1 is 0.839 bits per heavy atom. The molecule has 0 fully saturated rings. The van der Waals surface area contributed by atoms with Crippen molar-refractivity contribution in [1.29, 1.82) is 0 Å². The normalized spacial score (nSPS) is 11.4. The fourth-order valence-electron chi connectivity index (χ4n) is 3.31. The van der Waals surface area contributed by atoms with Crippen molar-refractivity contribution in [3.8, 4) is 0 Å². The molecule has 0 bridgehead atoms. The summed E-state index contributed by atoms with van der Waals surface area (Å²) < 4.78 is 28.7. The van der Waals surface area contributed by atoms with Crippen molar-refractivity contribution in [1.82, 2.24) is 0 Å². The van der Waals surface area contributed by atoms with Crippen molar-refractivity contribution in [2.45, 2.75) is 45.4 Å². The molecule has 0 aliphatic heterocycles. The number of benzene rings is 3. The highest BCUT2D eigenvalue weighted by Crippen LogP contribution is 2.24. The summed E-state index contributed by atoms with van der Waals surface area (Å²) >= 11 is 0. The van der Waals surface area contributed by atoms with E-state index in [1.165, 1.54) is 11.6 Å². The van der Waals surface area contributed by atoms with Gasteiger partial charge in [-0.15, -0.1) is 0 Å². The molecule has 1 amide bonds. The van der Waals surface area contributed by atoms with E-state index in [-0.39, 0.29) is 16.4 Å². The molecular weight excluding hydrogens is 408 g/mol. The van der Waals surface area contributed by atoms with Crippen LogP contribution >= 0.6 is 0 Å². The van der Waals surface area contributed by atoms with Crippen LogP contribution in [0.5, 0.6) is 0 Å². The summed E-state index contributed by atoms with van der Waals surface area (Å²) in [7, 11) is -3.85. The fourth-order valence-corrected chi connectivity index (χ4v) is 4.72. The van der Waals surface area contributed by atoms with Gasteiger partial charge < -0.3 is 5.32 Å². The van der Waals surface area contributed by atoms with Gasteiger partial charge in [-0.05, 0) is 73.7 Å². The Hall–Kier alpha value is -3.12. The van der Waals surface area contributed by atoms with Gasteiger partial charge >= 0.3 is 0 Å². The van der Waals surface area contributed by atoms with Gasteiger partial charge in [-0.25, -0.2) is 8.42 Å². The lowest BCUT2D eigenvalue weighted by atomic mass is 10.0. The van der Waals surface area contributed by atoms with Crippen LogP contribution in [0, 0.1) is 20.8 Å². The standard InChI is InChI=1S/C25H28N2O3S/c1-16(2)20-9-11-22(12-10-20)26-25(28)21-8-7-18(4)24(15-21)31(29,30)27-23-13-6-17(3)14-19(23)5/h6-16,27H,1-5H3,(H,26,28). The summed E-state index contributed by atoms with van der Waals surface area (Å²) in [6.45, 7) is 9.73. The third kappa shape index (κ3) is 5.33. The smallest absolute Gasteiger partial charge is 0.262 e. The number of rotatable bonds is 6. The first-order valence-corrected chi connectivity index (χ1v) is 11.7. The number of hydrogen-bond acceptors (Lipinski definition) is 3. The van der Waals surface area contributed by atoms with E-state index in [9.17, 15) is 13.2 Å². The Morgan fingerprint density at radius 3 is 2.13 bits per heavy atom. The van der Waals surface area contributed by atoms with Crippen molar-refractivity contribution in [3.05, 3.63) is 88.5 Å². The summed E-state index contributed by atoms with van der Waals surface area (Å²) in [5.74, 6) is 0.0412. The van der Waals surface area contributed by atoms with E-state index in [0.29, 0.717) is 22.9 Å². The predicted molar refractivity (Wildman–Crippen MR) is 126 cm³/mol. The lowest BCUT2D eigenvalue weighted by molar-refractivity contribution is 0.102. The average Bonchev–Trinajstić information content (AvgIpc) is 2.70. The van der Waals surface area contributed by atoms with Crippen molar-refractivity contribution >= 4 is 27.3 Å². The van der Waals surface area contributed by atoms with Crippen LogP contribution < -0.4 is 10.0 Å². The zero-order valence-electron chi connectivity index (χ0n) is 18.5. The van der Waals surface area contributed by atoms with E-state index in [2.05, 4.69) is 23.9 Å². The maximum atomic E-state index is 13.1. The zero-order valence-corrected chi connectivity index (χ0v) is 19.3. The van der Waals surface area contributed by atoms with Gasteiger partial charge in [-0.2, -0.15) is 0 Å². The number of carbonyl (C=O) groups excluding carboxylic acids is 1. The van der Waals surface area contributed by atoms with Gasteiger partial charge in [0.2, 0.25) is 0 Å². The third-order valence-corrected chi connectivity index (χ3v) is 6.71. The number of carbonyl (C=O) groups is 1. The quantitative estimate of drug-likeness (QED) is 0.514. The molecule has 0 heterocycles. The second-order valence-electron chi connectivity index (χ2n) is 8.13. The molecular formula is C25H28N2O3S. The summed E-state index contributed by atoms with van der Waals surface area (Å²) in [5, 5.41) is 2.83. The van der Waals surface area contributed by atoms with E-state index in [4.69, 9.17) is 0 Å². The molecule has 5 nitrogen and oxygen atoms in total. The number of nitrogens with one attached hydrogen (secondary N) is 2. The number of amides is 1. The SMILES string of the molecule is Cc1ccc(NS(=O)(=O)c2cc(C(=O)Nc3ccc(C(C)C)cc3)ccc2C)c(C)c1. The molecule has 0 radical (unpaired) electrons. The Bertz CT molecular complexity index is 1210. The van der Waals surface area contributed by atoms with Crippen LogP contribution in [0.25, 0.3) is 0 Å². The summed E-state index contributed by atoms with van der Waals surface area (Å²) in [6, 6.07) is 17.8. The number of hydrogen-bond donors (Lipinski definition) is 2. The van der Waals surface area contributed by atoms with Crippen LogP contribution in [0.15, 0.2) is 65.6 Å². The van der Waals surface area contributed by atoms with Gasteiger partial charge in [0.1, 0.15) is 0 Å². The van der Waals surface area contributed by atoms with E-state index in [1.807, 2.05) is 50.2 Å². The molecule has 162 valence electrons. The van der Waals surface area contributed by atoms with Crippen LogP contribution in [0.3, 0.4) is 0 Å². The first-order valence-electron chi connectivity index (χ1n) is 10.2. The molecule has 0 saturated heterocycles. The molecule has 0 unspecified atom stereocenters. The highest BCUT2D eigenvalue weighted by Gasteiger charge is 2.20. The molecule has 31 heavy (non-hydrogen) atoms. The maximum Gasteiger partial charge on any atom is 0.262 e. The minimum atomic E-state index is -3.85. The van der Waals surface area contributed by atoms with E-state index >= 15 is 0 Å².